The van der Waals surface area contributed by atoms with Crippen molar-refractivity contribution in [3.63, 3.8) is 0 Å². The summed E-state index contributed by atoms with van der Waals surface area (Å²) in [7, 11) is 0. The third kappa shape index (κ3) is 3.24. The molecule has 1 aliphatic carbocycles. The predicted molar refractivity (Wildman–Crippen MR) is 89.3 cm³/mol. The Hall–Kier alpha value is -2.68. The second-order valence-corrected chi connectivity index (χ2v) is 6.35. The molecule has 0 N–H and O–H groups in total. The Morgan fingerprint density at radius 2 is 1.48 bits per heavy atom. The van der Waals surface area contributed by atoms with E-state index in [-0.39, 0.29) is 18.0 Å². The topological polar surface area (TPSA) is 43.4 Å². The van der Waals surface area contributed by atoms with Gasteiger partial charge in [-0.3, -0.25) is 9.59 Å². The van der Waals surface area contributed by atoms with Crippen LogP contribution in [0.5, 0.6) is 11.5 Å². The molecule has 0 amide bonds. The van der Waals surface area contributed by atoms with Crippen molar-refractivity contribution in [2.45, 2.75) is 20.3 Å². The Morgan fingerprint density at radius 1 is 0.870 bits per heavy atom. The maximum atomic E-state index is 12.5. The molecular weight excluding hydrogens is 288 g/mol. The summed E-state index contributed by atoms with van der Waals surface area (Å²) in [5.41, 5.74) is 0.592. The van der Waals surface area contributed by atoms with Gasteiger partial charge < -0.3 is 4.74 Å². The van der Waals surface area contributed by atoms with Crippen molar-refractivity contribution in [2.24, 2.45) is 5.41 Å². The first kappa shape index (κ1) is 15.2. The first-order valence-electron chi connectivity index (χ1n) is 7.58. The predicted octanol–water partition coefficient (Wildman–Crippen LogP) is 4.43. The van der Waals surface area contributed by atoms with E-state index in [0.717, 1.165) is 11.3 Å². The molecule has 0 aromatic heterocycles. The molecule has 2 aromatic carbocycles. The van der Waals surface area contributed by atoms with Gasteiger partial charge in [0.15, 0.2) is 11.6 Å². The van der Waals surface area contributed by atoms with Gasteiger partial charge in [-0.2, -0.15) is 0 Å². The van der Waals surface area contributed by atoms with Crippen LogP contribution in [-0.2, 0) is 9.59 Å². The molecule has 3 heteroatoms. The van der Waals surface area contributed by atoms with Crippen LogP contribution >= 0.6 is 0 Å². The standard InChI is InChI=1S/C20H18O3/c1-20(2)13-15(21)12-18(19(20)22)14-8-10-17(11-9-14)23-16-6-4-3-5-7-16/h3-12H,13H2,1-2H3. The first-order chi connectivity index (χ1) is 11.0. The SMILES string of the molecule is CC1(C)CC(=O)C=C(c2ccc(Oc3ccccc3)cc2)C1=O. The molecule has 0 bridgehead atoms. The van der Waals surface area contributed by atoms with Gasteiger partial charge in [-0.05, 0) is 35.9 Å². The highest BCUT2D eigenvalue weighted by Gasteiger charge is 2.36. The summed E-state index contributed by atoms with van der Waals surface area (Å²) in [5, 5.41) is 0. The maximum absolute atomic E-state index is 12.5. The molecule has 0 heterocycles. The molecule has 3 rings (SSSR count). The Morgan fingerprint density at radius 3 is 2.13 bits per heavy atom. The molecule has 1 aliphatic rings. The van der Waals surface area contributed by atoms with Crippen LogP contribution in [-0.4, -0.2) is 11.6 Å². The Labute approximate surface area is 135 Å². The van der Waals surface area contributed by atoms with Gasteiger partial charge in [0.25, 0.3) is 0 Å². The van der Waals surface area contributed by atoms with Crippen molar-refractivity contribution in [1.82, 2.24) is 0 Å². The molecular formula is C20H18O3. The number of hydrogen-bond donors (Lipinski definition) is 0. The number of ether oxygens (including phenoxy) is 1. The number of allylic oxidation sites excluding steroid dienone is 2. The highest BCUT2D eigenvalue weighted by molar-refractivity contribution is 6.30. The lowest BCUT2D eigenvalue weighted by Crippen LogP contribution is -2.31. The lowest BCUT2D eigenvalue weighted by molar-refractivity contribution is -0.127. The number of benzene rings is 2. The molecule has 0 unspecified atom stereocenters. The van der Waals surface area contributed by atoms with E-state index in [9.17, 15) is 9.59 Å². The molecule has 0 atom stereocenters. The Bertz CT molecular complexity index is 768. The molecule has 0 saturated carbocycles. The number of carbonyl (C=O) groups excluding carboxylic acids is 2. The van der Waals surface area contributed by atoms with E-state index in [4.69, 9.17) is 4.74 Å². The summed E-state index contributed by atoms with van der Waals surface area (Å²) in [4.78, 5) is 24.4. The normalized spacial score (nSPS) is 16.9. The van der Waals surface area contributed by atoms with Crippen LogP contribution in [0, 0.1) is 5.41 Å². The number of para-hydroxylation sites is 1. The average Bonchev–Trinajstić information content (AvgIpc) is 2.52. The van der Waals surface area contributed by atoms with E-state index in [2.05, 4.69) is 0 Å². The molecule has 3 nitrogen and oxygen atoms in total. The van der Waals surface area contributed by atoms with Crippen LogP contribution in [0.1, 0.15) is 25.8 Å². The van der Waals surface area contributed by atoms with Crippen LogP contribution in [0.3, 0.4) is 0 Å². The van der Waals surface area contributed by atoms with E-state index in [1.165, 1.54) is 6.08 Å². The molecule has 116 valence electrons. The smallest absolute Gasteiger partial charge is 0.169 e. The number of carbonyl (C=O) groups is 2. The van der Waals surface area contributed by atoms with E-state index in [0.29, 0.717) is 11.3 Å². The lowest BCUT2D eigenvalue weighted by atomic mass is 9.74. The number of ketones is 2. The van der Waals surface area contributed by atoms with Gasteiger partial charge in [-0.25, -0.2) is 0 Å². The second-order valence-electron chi connectivity index (χ2n) is 6.35. The molecule has 0 aliphatic heterocycles. The highest BCUT2D eigenvalue weighted by atomic mass is 16.5. The van der Waals surface area contributed by atoms with Crippen molar-refractivity contribution in [3.8, 4) is 11.5 Å². The van der Waals surface area contributed by atoms with Crippen molar-refractivity contribution < 1.29 is 14.3 Å². The zero-order valence-electron chi connectivity index (χ0n) is 13.2. The minimum absolute atomic E-state index is 0.00536. The fraction of sp³-hybridized carbons (Fsp3) is 0.200. The zero-order valence-corrected chi connectivity index (χ0v) is 13.2. The third-order valence-corrected chi connectivity index (χ3v) is 3.93. The van der Waals surface area contributed by atoms with Crippen LogP contribution in [0.25, 0.3) is 5.57 Å². The minimum Gasteiger partial charge on any atom is -0.457 e. The van der Waals surface area contributed by atoms with Gasteiger partial charge in [0.2, 0.25) is 0 Å². The zero-order chi connectivity index (χ0) is 16.4. The van der Waals surface area contributed by atoms with Crippen molar-refractivity contribution in [1.29, 1.82) is 0 Å². The average molecular weight is 306 g/mol. The fourth-order valence-electron chi connectivity index (χ4n) is 2.70. The largest absolute Gasteiger partial charge is 0.457 e. The summed E-state index contributed by atoms with van der Waals surface area (Å²) in [6, 6.07) is 16.7. The summed E-state index contributed by atoms with van der Waals surface area (Å²) >= 11 is 0. The minimum atomic E-state index is -0.639. The molecule has 0 saturated heterocycles. The molecule has 23 heavy (non-hydrogen) atoms. The van der Waals surface area contributed by atoms with E-state index in [1.807, 2.05) is 68.4 Å². The molecule has 0 spiro atoms. The summed E-state index contributed by atoms with van der Waals surface area (Å²) in [6.45, 7) is 3.63. The molecule has 0 fully saturated rings. The van der Waals surface area contributed by atoms with Crippen LogP contribution in [0.2, 0.25) is 0 Å². The lowest BCUT2D eigenvalue weighted by Gasteiger charge is -2.27. The van der Waals surface area contributed by atoms with E-state index in [1.54, 1.807) is 0 Å². The fourth-order valence-corrected chi connectivity index (χ4v) is 2.70. The number of hydrogen-bond acceptors (Lipinski definition) is 3. The van der Waals surface area contributed by atoms with Crippen molar-refractivity contribution in [3.05, 3.63) is 66.2 Å². The van der Waals surface area contributed by atoms with Crippen molar-refractivity contribution >= 4 is 17.1 Å². The third-order valence-electron chi connectivity index (χ3n) is 3.93. The Kier molecular flexibility index (Phi) is 3.87. The van der Waals surface area contributed by atoms with Gasteiger partial charge in [-0.15, -0.1) is 0 Å². The number of Topliss-reactive ketones (excluding diaryl/α,β-unsaturated/α-hetero) is 1. The summed E-state index contributed by atoms with van der Waals surface area (Å²) < 4.78 is 5.74. The van der Waals surface area contributed by atoms with E-state index < -0.39 is 5.41 Å². The molecule has 2 aromatic rings. The van der Waals surface area contributed by atoms with Gasteiger partial charge in [0, 0.05) is 17.4 Å². The van der Waals surface area contributed by atoms with Gasteiger partial charge >= 0.3 is 0 Å². The number of rotatable bonds is 3. The van der Waals surface area contributed by atoms with Gasteiger partial charge in [0.05, 0.1) is 0 Å². The Balaban J connectivity index is 1.85. The van der Waals surface area contributed by atoms with Crippen LogP contribution in [0.15, 0.2) is 60.7 Å². The van der Waals surface area contributed by atoms with Gasteiger partial charge in [-0.1, -0.05) is 44.2 Å². The van der Waals surface area contributed by atoms with Crippen LogP contribution in [0.4, 0.5) is 0 Å². The quantitative estimate of drug-likeness (QED) is 0.842. The maximum Gasteiger partial charge on any atom is 0.169 e. The van der Waals surface area contributed by atoms with Crippen molar-refractivity contribution in [2.75, 3.05) is 0 Å². The monoisotopic (exact) mass is 306 g/mol. The second kappa shape index (κ2) is 5.84. The summed E-state index contributed by atoms with van der Waals surface area (Å²) in [5.74, 6) is 1.45. The molecule has 0 radical (unpaired) electrons. The summed E-state index contributed by atoms with van der Waals surface area (Å²) in [6.07, 6.45) is 1.73. The van der Waals surface area contributed by atoms with E-state index >= 15 is 0 Å². The highest BCUT2D eigenvalue weighted by Crippen LogP contribution is 2.35. The van der Waals surface area contributed by atoms with Gasteiger partial charge in [0.1, 0.15) is 11.5 Å². The first-order valence-corrected chi connectivity index (χ1v) is 7.58. The van der Waals surface area contributed by atoms with Crippen LogP contribution < -0.4 is 4.74 Å².